The van der Waals surface area contributed by atoms with Crippen LogP contribution in [-0.4, -0.2) is 95.2 Å². The number of nitrogens with zero attached hydrogens (tertiary/aromatic N) is 2. The number of esters is 1. The van der Waals surface area contributed by atoms with E-state index in [1.54, 1.807) is 60.7 Å². The number of carbonyl (C=O) groups is 4. The molecule has 5 rings (SSSR count). The maximum absolute atomic E-state index is 14.8. The van der Waals surface area contributed by atoms with E-state index in [1.807, 2.05) is 13.0 Å². The number of aliphatic hydroxyl groups excluding tert-OH is 1. The summed E-state index contributed by atoms with van der Waals surface area (Å²) >= 11 is 9.87. The minimum atomic E-state index is -1.40. The number of halogens is 2. The largest absolute Gasteiger partial charge is 0.455 e. The maximum Gasteiger partial charge on any atom is 0.313 e. The third-order valence-corrected chi connectivity index (χ3v) is 11.1. The summed E-state index contributed by atoms with van der Waals surface area (Å²) in [5.74, 6) is -4.03. The van der Waals surface area contributed by atoms with Crippen molar-refractivity contribution in [1.29, 1.82) is 0 Å². The SMILES string of the molecule is C=CCCC(=O)N[C@@H](COC)[C@@H](OC(=O)[C@H]1[C@@H]2O[C@@]3(CC2Br)[C@@H]1C(=O)N([C@@H](CC)CO)[C@@H]3C(=O)N(CC=C)c1ccc(Cl)cc1)c1ccccc1. The first kappa shape index (κ1) is 38.7. The van der Waals surface area contributed by atoms with Gasteiger partial charge < -0.3 is 34.4 Å². The van der Waals surface area contributed by atoms with E-state index in [0.29, 0.717) is 29.1 Å². The van der Waals surface area contributed by atoms with E-state index in [-0.39, 0.29) is 31.9 Å². The summed E-state index contributed by atoms with van der Waals surface area (Å²) in [6.45, 7) is 9.12. The lowest BCUT2D eigenvalue weighted by Gasteiger charge is -2.39. The molecule has 3 heterocycles. The Morgan fingerprint density at radius 1 is 1.18 bits per heavy atom. The Morgan fingerprint density at radius 3 is 2.49 bits per heavy atom. The van der Waals surface area contributed by atoms with Crippen molar-refractivity contribution in [2.75, 3.05) is 31.8 Å². The lowest BCUT2D eigenvalue weighted by molar-refractivity contribution is -0.163. The van der Waals surface area contributed by atoms with Gasteiger partial charge in [0.2, 0.25) is 11.8 Å². The number of likely N-dealkylation sites (tertiary alicyclic amines) is 1. The second-order valence-corrected chi connectivity index (χ2v) is 14.7. The molecule has 1 unspecified atom stereocenters. The Balaban J connectivity index is 1.54. The van der Waals surface area contributed by atoms with Crippen molar-refractivity contribution >= 4 is 56.9 Å². The highest BCUT2D eigenvalue weighted by atomic mass is 79.9. The van der Waals surface area contributed by atoms with Crippen molar-refractivity contribution in [3.05, 3.63) is 90.5 Å². The van der Waals surface area contributed by atoms with Gasteiger partial charge >= 0.3 is 5.97 Å². The topological polar surface area (TPSA) is 135 Å². The predicted molar refractivity (Wildman–Crippen MR) is 196 cm³/mol. The maximum atomic E-state index is 14.8. The van der Waals surface area contributed by atoms with E-state index in [2.05, 4.69) is 34.4 Å². The highest BCUT2D eigenvalue weighted by Gasteiger charge is 2.77. The molecule has 0 radical (unpaired) electrons. The zero-order valence-corrected chi connectivity index (χ0v) is 31.1. The van der Waals surface area contributed by atoms with E-state index in [4.69, 9.17) is 25.8 Å². The quantitative estimate of drug-likeness (QED) is 0.133. The smallest absolute Gasteiger partial charge is 0.313 e. The molecule has 13 heteroatoms. The van der Waals surface area contributed by atoms with Crippen LogP contribution in [-0.2, 0) is 33.4 Å². The molecule has 3 amide bonds. The van der Waals surface area contributed by atoms with Crippen LogP contribution in [0.3, 0.4) is 0 Å². The minimum Gasteiger partial charge on any atom is -0.455 e. The second-order valence-electron chi connectivity index (χ2n) is 13.1. The first-order valence-electron chi connectivity index (χ1n) is 17.1. The van der Waals surface area contributed by atoms with Crippen LogP contribution < -0.4 is 10.2 Å². The zero-order valence-electron chi connectivity index (χ0n) is 28.8. The summed E-state index contributed by atoms with van der Waals surface area (Å²) in [4.78, 5) is 59.5. The van der Waals surface area contributed by atoms with Crippen LogP contribution in [0.5, 0.6) is 0 Å². The van der Waals surface area contributed by atoms with Gasteiger partial charge in [0.25, 0.3) is 5.91 Å². The fourth-order valence-electron chi connectivity index (χ4n) is 7.77. The molecule has 2 aromatic rings. The Kier molecular flexibility index (Phi) is 12.8. The van der Waals surface area contributed by atoms with Gasteiger partial charge in [-0.1, -0.05) is 76.9 Å². The minimum absolute atomic E-state index is 0.0352. The monoisotopic (exact) mass is 785 g/mol. The summed E-state index contributed by atoms with van der Waals surface area (Å²) in [6.07, 6.45) is 2.74. The number of benzene rings is 2. The second kappa shape index (κ2) is 16.9. The molecule has 2 N–H and O–H groups in total. The van der Waals surface area contributed by atoms with Crippen LogP contribution in [0.25, 0.3) is 0 Å². The number of fused-ring (bicyclic) bond motifs is 1. The molecule has 0 aromatic heterocycles. The van der Waals surface area contributed by atoms with Gasteiger partial charge in [0.05, 0.1) is 43.2 Å². The molecule has 1 spiro atoms. The third kappa shape index (κ3) is 7.52. The molecule has 274 valence electrons. The van der Waals surface area contributed by atoms with Gasteiger partial charge in [-0.05, 0) is 49.1 Å². The summed E-state index contributed by atoms with van der Waals surface area (Å²) in [5.41, 5.74) is -0.247. The van der Waals surface area contributed by atoms with E-state index < -0.39 is 77.0 Å². The molecule has 2 aromatic carbocycles. The van der Waals surface area contributed by atoms with Crippen LogP contribution in [0, 0.1) is 11.8 Å². The van der Waals surface area contributed by atoms with Crippen LogP contribution in [0.4, 0.5) is 5.69 Å². The molecular weight excluding hydrogens is 742 g/mol. The van der Waals surface area contributed by atoms with Crippen molar-refractivity contribution < 1.29 is 38.5 Å². The Bertz CT molecular complexity index is 1590. The fraction of sp³-hybridized carbons (Fsp3) is 0.474. The fourth-order valence-corrected chi connectivity index (χ4v) is 8.84. The molecule has 0 saturated carbocycles. The summed E-state index contributed by atoms with van der Waals surface area (Å²) in [7, 11) is 1.49. The van der Waals surface area contributed by atoms with Gasteiger partial charge in [-0.25, -0.2) is 0 Å². The number of allylic oxidation sites excluding steroid dienone is 1. The number of amides is 3. The first-order chi connectivity index (χ1) is 24.6. The number of nitrogens with one attached hydrogen (secondary N) is 1. The van der Waals surface area contributed by atoms with Gasteiger partial charge in [-0.3, -0.25) is 19.2 Å². The average molecular weight is 787 g/mol. The highest BCUT2D eigenvalue weighted by molar-refractivity contribution is 9.09. The number of alkyl halides is 1. The van der Waals surface area contributed by atoms with Crippen LogP contribution in [0.15, 0.2) is 79.9 Å². The van der Waals surface area contributed by atoms with Gasteiger partial charge in [-0.2, -0.15) is 0 Å². The molecule has 51 heavy (non-hydrogen) atoms. The third-order valence-electron chi connectivity index (χ3n) is 10.0. The Labute approximate surface area is 312 Å². The number of ether oxygens (including phenoxy) is 3. The molecule has 3 fully saturated rings. The predicted octanol–water partition coefficient (Wildman–Crippen LogP) is 4.76. The van der Waals surface area contributed by atoms with Gasteiger partial charge in [-0.15, -0.1) is 13.2 Å². The number of anilines is 1. The van der Waals surface area contributed by atoms with E-state index >= 15 is 0 Å². The number of carbonyl (C=O) groups excluding carboxylic acids is 4. The van der Waals surface area contributed by atoms with Crippen molar-refractivity contribution in [3.63, 3.8) is 0 Å². The zero-order chi connectivity index (χ0) is 36.9. The van der Waals surface area contributed by atoms with E-state index in [0.717, 1.165) is 0 Å². The lowest BCUT2D eigenvalue weighted by atomic mass is 9.70. The molecule has 11 nitrogen and oxygen atoms in total. The number of hydrogen-bond acceptors (Lipinski definition) is 8. The van der Waals surface area contributed by atoms with Crippen LogP contribution in [0.1, 0.15) is 44.3 Å². The Morgan fingerprint density at radius 2 is 1.88 bits per heavy atom. The van der Waals surface area contributed by atoms with E-state index in [1.165, 1.54) is 16.9 Å². The lowest BCUT2D eigenvalue weighted by Crippen LogP contribution is -2.59. The first-order valence-corrected chi connectivity index (χ1v) is 18.4. The molecule has 9 atom stereocenters. The number of rotatable bonds is 17. The summed E-state index contributed by atoms with van der Waals surface area (Å²) in [5, 5.41) is 13.9. The molecule has 0 aliphatic carbocycles. The summed E-state index contributed by atoms with van der Waals surface area (Å²) in [6, 6.07) is 13.1. The summed E-state index contributed by atoms with van der Waals surface area (Å²) < 4.78 is 18.5. The number of aliphatic hydroxyl groups is 1. The van der Waals surface area contributed by atoms with Crippen molar-refractivity contribution in [1.82, 2.24) is 10.2 Å². The number of hydrogen-bond donors (Lipinski definition) is 2. The number of methoxy groups -OCH3 is 1. The highest BCUT2D eigenvalue weighted by Crippen LogP contribution is 2.61. The van der Waals surface area contributed by atoms with Gasteiger partial charge in [0, 0.05) is 35.6 Å². The Hall–Kier alpha value is -3.55. The van der Waals surface area contributed by atoms with E-state index in [9.17, 15) is 24.3 Å². The average Bonchev–Trinajstić information content (AvgIpc) is 3.73. The standard InChI is InChI=1S/C38H45BrClN3O8/c1-5-8-14-29(45)41-28(22-49-4)32(23-12-10-9-11-13-23)50-37(48)30-31-35(46)43(25(7-3)21-44)34(38(31)20-27(39)33(30)51-38)36(47)42(19-6-2)26-17-15-24(40)16-18-26/h5-6,9-13,15-18,25,27-28,30-34,44H,1-2,7-8,14,19-22H2,3-4H3,(H,41,45)/t25-,27?,28-,30+,31-,32-,33+,34+,38-/m0/s1. The molecule has 3 aliphatic heterocycles. The molecule has 3 aliphatic rings. The normalized spacial score (nSPS) is 26.6. The van der Waals surface area contributed by atoms with Crippen LogP contribution in [0.2, 0.25) is 5.02 Å². The molecule has 2 bridgehead atoms. The van der Waals surface area contributed by atoms with Crippen molar-refractivity contribution in [3.8, 4) is 0 Å². The van der Waals surface area contributed by atoms with Crippen molar-refractivity contribution in [2.24, 2.45) is 11.8 Å². The van der Waals surface area contributed by atoms with Crippen molar-refractivity contribution in [2.45, 2.75) is 73.4 Å². The van der Waals surface area contributed by atoms with Gasteiger partial charge in [0.15, 0.2) is 0 Å². The van der Waals surface area contributed by atoms with Crippen LogP contribution >= 0.6 is 27.5 Å². The molecule has 3 saturated heterocycles. The molecular formula is C38H45BrClN3O8. The van der Waals surface area contributed by atoms with Gasteiger partial charge in [0.1, 0.15) is 17.7 Å².